The second-order valence-corrected chi connectivity index (χ2v) is 6.81. The summed E-state index contributed by atoms with van der Waals surface area (Å²) in [5.74, 6) is 0. The molecule has 2 aromatic carbocycles. The van der Waals surface area contributed by atoms with Crippen LogP contribution in [-0.2, 0) is 10.0 Å². The molecule has 0 spiro atoms. The SMILES string of the molecule is CSc1ccc(C=NS(=O)(=O)c2ccc(C)cc2)cc1. The molecule has 2 aromatic rings. The van der Waals surface area contributed by atoms with E-state index in [1.165, 1.54) is 6.21 Å². The van der Waals surface area contributed by atoms with Gasteiger partial charge in [-0.2, -0.15) is 12.8 Å². The van der Waals surface area contributed by atoms with Crippen LogP contribution in [0.15, 0.2) is 62.7 Å². The van der Waals surface area contributed by atoms with Gasteiger partial charge in [-0.1, -0.05) is 29.8 Å². The highest BCUT2D eigenvalue weighted by Crippen LogP contribution is 2.15. The van der Waals surface area contributed by atoms with Crippen molar-refractivity contribution in [2.45, 2.75) is 16.7 Å². The molecule has 0 heterocycles. The molecule has 0 aromatic heterocycles. The second kappa shape index (κ2) is 6.24. The van der Waals surface area contributed by atoms with Crippen LogP contribution in [0.2, 0.25) is 0 Å². The zero-order valence-corrected chi connectivity index (χ0v) is 12.9. The van der Waals surface area contributed by atoms with E-state index in [-0.39, 0.29) is 4.90 Å². The van der Waals surface area contributed by atoms with E-state index in [0.717, 1.165) is 16.0 Å². The van der Waals surface area contributed by atoms with Crippen molar-refractivity contribution in [3.8, 4) is 0 Å². The highest BCUT2D eigenvalue weighted by molar-refractivity contribution is 7.98. The number of aryl methyl sites for hydroxylation is 1. The number of hydrogen-bond acceptors (Lipinski definition) is 3. The molecule has 0 radical (unpaired) electrons. The van der Waals surface area contributed by atoms with Crippen molar-refractivity contribution in [1.82, 2.24) is 0 Å². The first-order valence-corrected chi connectivity index (χ1v) is 8.69. The molecule has 0 amide bonds. The zero-order chi connectivity index (χ0) is 14.6. The van der Waals surface area contributed by atoms with Gasteiger partial charge in [-0.25, -0.2) is 0 Å². The Morgan fingerprint density at radius 1 is 1.00 bits per heavy atom. The minimum Gasteiger partial charge on any atom is -0.199 e. The molecule has 104 valence electrons. The van der Waals surface area contributed by atoms with Crippen molar-refractivity contribution in [2.24, 2.45) is 4.40 Å². The first-order valence-electron chi connectivity index (χ1n) is 6.02. The molecule has 2 rings (SSSR count). The lowest BCUT2D eigenvalue weighted by Crippen LogP contribution is -1.97. The second-order valence-electron chi connectivity index (χ2n) is 4.30. The third kappa shape index (κ3) is 3.71. The summed E-state index contributed by atoms with van der Waals surface area (Å²) >= 11 is 1.64. The van der Waals surface area contributed by atoms with Crippen molar-refractivity contribution < 1.29 is 8.42 Å². The zero-order valence-electron chi connectivity index (χ0n) is 11.3. The molecule has 0 N–H and O–H groups in total. The summed E-state index contributed by atoms with van der Waals surface area (Å²) < 4.78 is 27.8. The van der Waals surface area contributed by atoms with E-state index >= 15 is 0 Å². The van der Waals surface area contributed by atoms with Crippen LogP contribution >= 0.6 is 11.8 Å². The van der Waals surface area contributed by atoms with E-state index in [1.54, 1.807) is 36.0 Å². The summed E-state index contributed by atoms with van der Waals surface area (Å²) in [5.41, 5.74) is 1.78. The Morgan fingerprint density at radius 3 is 2.15 bits per heavy atom. The highest BCUT2D eigenvalue weighted by Gasteiger charge is 2.10. The lowest BCUT2D eigenvalue weighted by atomic mass is 10.2. The Kier molecular flexibility index (Phi) is 4.62. The molecule has 0 aliphatic rings. The summed E-state index contributed by atoms with van der Waals surface area (Å²) in [6.07, 6.45) is 3.37. The highest BCUT2D eigenvalue weighted by atomic mass is 32.2. The molecule has 0 unspecified atom stereocenters. The van der Waals surface area contributed by atoms with Crippen LogP contribution < -0.4 is 0 Å². The van der Waals surface area contributed by atoms with Gasteiger partial charge < -0.3 is 0 Å². The fourth-order valence-corrected chi connectivity index (χ4v) is 2.86. The van der Waals surface area contributed by atoms with Gasteiger partial charge >= 0.3 is 0 Å². The number of nitrogens with zero attached hydrogens (tertiary/aromatic N) is 1. The van der Waals surface area contributed by atoms with Gasteiger partial charge in [0, 0.05) is 11.1 Å². The third-order valence-electron chi connectivity index (χ3n) is 2.78. The molecule has 0 saturated carbocycles. The molecule has 0 aliphatic heterocycles. The van der Waals surface area contributed by atoms with Gasteiger partial charge in [0.1, 0.15) is 0 Å². The summed E-state index contributed by atoms with van der Waals surface area (Å²) in [5, 5.41) is 0. The van der Waals surface area contributed by atoms with Gasteiger partial charge in [-0.15, -0.1) is 11.8 Å². The first-order chi connectivity index (χ1) is 9.51. The fourth-order valence-electron chi connectivity index (χ4n) is 1.59. The number of hydrogen-bond donors (Lipinski definition) is 0. The molecule has 0 saturated heterocycles. The lowest BCUT2D eigenvalue weighted by molar-refractivity contribution is 0.598. The van der Waals surface area contributed by atoms with Crippen molar-refractivity contribution in [2.75, 3.05) is 6.26 Å². The topological polar surface area (TPSA) is 46.5 Å². The van der Waals surface area contributed by atoms with Crippen molar-refractivity contribution in [3.05, 3.63) is 59.7 Å². The van der Waals surface area contributed by atoms with Gasteiger partial charge in [0.2, 0.25) is 0 Å². The molecule has 0 fully saturated rings. The van der Waals surface area contributed by atoms with Gasteiger partial charge in [-0.3, -0.25) is 0 Å². The summed E-state index contributed by atoms with van der Waals surface area (Å²) in [6, 6.07) is 14.2. The van der Waals surface area contributed by atoms with E-state index in [0.29, 0.717) is 0 Å². The van der Waals surface area contributed by atoms with Crippen LogP contribution in [0.25, 0.3) is 0 Å². The molecular weight excluding hydrogens is 290 g/mol. The molecule has 0 bridgehead atoms. The van der Waals surface area contributed by atoms with Crippen LogP contribution in [-0.4, -0.2) is 20.9 Å². The summed E-state index contributed by atoms with van der Waals surface area (Å²) in [6.45, 7) is 1.91. The maximum atomic E-state index is 12.0. The number of sulfonamides is 1. The minimum absolute atomic E-state index is 0.208. The van der Waals surface area contributed by atoms with E-state index in [2.05, 4.69) is 4.40 Å². The summed E-state index contributed by atoms with van der Waals surface area (Å²) in [7, 11) is -3.63. The van der Waals surface area contributed by atoms with Crippen molar-refractivity contribution in [3.63, 3.8) is 0 Å². The van der Waals surface area contributed by atoms with E-state index in [9.17, 15) is 8.42 Å². The standard InChI is InChI=1S/C15H15NO2S2/c1-12-3-9-15(10-4-12)20(17,18)16-11-13-5-7-14(19-2)8-6-13/h3-11H,1-2H3. The van der Waals surface area contributed by atoms with Crippen LogP contribution in [0.3, 0.4) is 0 Å². The summed E-state index contributed by atoms with van der Waals surface area (Å²) in [4.78, 5) is 1.34. The maximum absolute atomic E-state index is 12.0. The monoisotopic (exact) mass is 305 g/mol. The van der Waals surface area contributed by atoms with Gasteiger partial charge in [0.25, 0.3) is 10.0 Å². The van der Waals surface area contributed by atoms with Crippen molar-refractivity contribution in [1.29, 1.82) is 0 Å². The molecular formula is C15H15NO2S2. The largest absolute Gasteiger partial charge is 0.282 e. The van der Waals surface area contributed by atoms with E-state index in [1.807, 2.05) is 37.4 Å². The minimum atomic E-state index is -3.63. The van der Waals surface area contributed by atoms with Crippen LogP contribution in [0.5, 0.6) is 0 Å². The predicted molar refractivity (Wildman–Crippen MR) is 84.2 cm³/mol. The Hall–Kier alpha value is -1.59. The number of benzene rings is 2. The normalized spacial score (nSPS) is 11.9. The van der Waals surface area contributed by atoms with Gasteiger partial charge in [0.05, 0.1) is 4.90 Å². The van der Waals surface area contributed by atoms with Crippen molar-refractivity contribution >= 4 is 28.0 Å². The Balaban J connectivity index is 2.22. The predicted octanol–water partition coefficient (Wildman–Crippen LogP) is 3.52. The smallest absolute Gasteiger partial charge is 0.199 e. The van der Waals surface area contributed by atoms with Crippen LogP contribution in [0, 0.1) is 6.92 Å². The van der Waals surface area contributed by atoms with E-state index < -0.39 is 10.0 Å². The Morgan fingerprint density at radius 2 is 1.60 bits per heavy atom. The quantitative estimate of drug-likeness (QED) is 0.641. The van der Waals surface area contributed by atoms with E-state index in [4.69, 9.17) is 0 Å². The molecule has 0 aliphatic carbocycles. The first kappa shape index (κ1) is 14.8. The molecule has 0 atom stereocenters. The lowest BCUT2D eigenvalue weighted by Gasteiger charge is -2.00. The fraction of sp³-hybridized carbons (Fsp3) is 0.133. The van der Waals surface area contributed by atoms with Crippen LogP contribution in [0.1, 0.15) is 11.1 Å². The molecule has 5 heteroatoms. The molecule has 3 nitrogen and oxygen atoms in total. The van der Waals surface area contributed by atoms with Gasteiger partial charge in [-0.05, 0) is 43.0 Å². The molecule has 20 heavy (non-hydrogen) atoms. The third-order valence-corrected chi connectivity index (χ3v) is 4.77. The average molecular weight is 305 g/mol. The number of rotatable bonds is 4. The number of thioether (sulfide) groups is 1. The maximum Gasteiger partial charge on any atom is 0.282 e. The Labute approximate surface area is 123 Å². The van der Waals surface area contributed by atoms with Crippen LogP contribution in [0.4, 0.5) is 0 Å². The average Bonchev–Trinajstić information content (AvgIpc) is 2.46. The Bertz CT molecular complexity index is 703. The van der Waals surface area contributed by atoms with Gasteiger partial charge in [0.15, 0.2) is 0 Å².